The lowest BCUT2D eigenvalue weighted by Gasteiger charge is -2.31. The van der Waals surface area contributed by atoms with Crippen LogP contribution in [0.2, 0.25) is 0 Å². The molecule has 0 radical (unpaired) electrons. The van der Waals surface area contributed by atoms with Crippen LogP contribution in [0.4, 0.5) is 4.79 Å². The molecule has 124 valence electrons. The zero-order chi connectivity index (χ0) is 16.0. The lowest BCUT2D eigenvalue weighted by atomic mass is 9.99. The molecule has 0 bridgehead atoms. The molecule has 0 aromatic heterocycles. The van der Waals surface area contributed by atoms with Crippen molar-refractivity contribution in [2.75, 3.05) is 13.1 Å². The van der Waals surface area contributed by atoms with Crippen LogP contribution in [-0.4, -0.2) is 41.8 Å². The minimum atomic E-state index is -0.420. The number of carbonyl (C=O) groups excluding carboxylic acids is 1. The highest BCUT2D eigenvalue weighted by molar-refractivity contribution is 5.68. The molecule has 0 spiro atoms. The van der Waals surface area contributed by atoms with E-state index < -0.39 is 5.60 Å². The molecule has 1 heterocycles. The summed E-state index contributed by atoms with van der Waals surface area (Å²) in [5, 5.41) is 3.71. The molecule has 3 atom stereocenters. The lowest BCUT2D eigenvalue weighted by molar-refractivity contribution is 0.0241. The Balaban J connectivity index is 2.58. The van der Waals surface area contributed by atoms with Gasteiger partial charge in [0.2, 0.25) is 0 Å². The maximum atomic E-state index is 12.3. The summed E-state index contributed by atoms with van der Waals surface area (Å²) >= 11 is 0. The molecule has 21 heavy (non-hydrogen) atoms. The van der Waals surface area contributed by atoms with Crippen molar-refractivity contribution >= 4 is 6.09 Å². The van der Waals surface area contributed by atoms with Crippen LogP contribution in [0, 0.1) is 5.92 Å². The predicted octanol–water partition coefficient (Wildman–Crippen LogP) is 3.80. The maximum Gasteiger partial charge on any atom is 0.410 e. The molecule has 1 fully saturated rings. The van der Waals surface area contributed by atoms with Gasteiger partial charge in [0, 0.05) is 25.2 Å². The van der Waals surface area contributed by atoms with Gasteiger partial charge in [-0.1, -0.05) is 26.7 Å². The van der Waals surface area contributed by atoms with Crippen LogP contribution in [0.1, 0.15) is 67.2 Å². The molecule has 0 aromatic rings. The molecule has 4 heteroatoms. The van der Waals surface area contributed by atoms with Gasteiger partial charge in [0.1, 0.15) is 5.60 Å². The predicted molar refractivity (Wildman–Crippen MR) is 87.5 cm³/mol. The molecule has 1 rings (SSSR count). The number of ether oxygens (including phenoxy) is 1. The SMILES string of the molecule is CCC(C)C(C)NC1CCCCN(C(=O)OC(C)(C)C)C1. The highest BCUT2D eigenvalue weighted by atomic mass is 16.6. The van der Waals surface area contributed by atoms with Crippen molar-refractivity contribution in [3.8, 4) is 0 Å². The summed E-state index contributed by atoms with van der Waals surface area (Å²) in [5.41, 5.74) is -0.420. The van der Waals surface area contributed by atoms with Crippen molar-refractivity contribution in [2.24, 2.45) is 5.92 Å². The number of rotatable bonds is 4. The van der Waals surface area contributed by atoms with Gasteiger partial charge >= 0.3 is 6.09 Å². The number of hydrogen-bond donors (Lipinski definition) is 1. The highest BCUT2D eigenvalue weighted by Crippen LogP contribution is 2.17. The fraction of sp³-hybridized carbons (Fsp3) is 0.941. The number of nitrogens with one attached hydrogen (secondary N) is 1. The first-order valence-electron chi connectivity index (χ1n) is 8.47. The Labute approximate surface area is 130 Å². The van der Waals surface area contributed by atoms with E-state index in [9.17, 15) is 4.79 Å². The first-order chi connectivity index (χ1) is 9.73. The van der Waals surface area contributed by atoms with E-state index in [0.717, 1.165) is 25.9 Å². The Morgan fingerprint density at radius 1 is 1.33 bits per heavy atom. The van der Waals surface area contributed by atoms with Crippen molar-refractivity contribution in [1.82, 2.24) is 10.2 Å². The minimum absolute atomic E-state index is 0.174. The summed E-state index contributed by atoms with van der Waals surface area (Å²) in [6.07, 6.45) is 4.38. The zero-order valence-corrected chi connectivity index (χ0v) is 14.7. The smallest absolute Gasteiger partial charge is 0.410 e. The molecule has 4 nitrogen and oxygen atoms in total. The van der Waals surface area contributed by atoms with Crippen LogP contribution in [0.3, 0.4) is 0 Å². The van der Waals surface area contributed by atoms with Gasteiger partial charge in [0.25, 0.3) is 0 Å². The third-order valence-electron chi connectivity index (χ3n) is 4.32. The first kappa shape index (κ1) is 18.3. The summed E-state index contributed by atoms with van der Waals surface area (Å²) in [4.78, 5) is 14.1. The lowest BCUT2D eigenvalue weighted by Crippen LogP contribution is -2.48. The van der Waals surface area contributed by atoms with Gasteiger partial charge in [-0.25, -0.2) is 4.79 Å². The van der Waals surface area contributed by atoms with Crippen LogP contribution < -0.4 is 5.32 Å². The third kappa shape index (κ3) is 6.68. The Kier molecular flexibility index (Phi) is 6.98. The van der Waals surface area contributed by atoms with E-state index in [4.69, 9.17) is 4.74 Å². The molecule has 0 aliphatic carbocycles. The average Bonchev–Trinajstić information content (AvgIpc) is 2.61. The summed E-state index contributed by atoms with van der Waals surface area (Å²) in [7, 11) is 0. The van der Waals surface area contributed by atoms with Crippen LogP contribution in [0.5, 0.6) is 0 Å². The summed E-state index contributed by atoms with van der Waals surface area (Å²) in [6.45, 7) is 14.1. The molecular weight excluding hydrogens is 264 g/mol. The molecule has 1 N–H and O–H groups in total. The normalized spacial score (nSPS) is 23.3. The van der Waals surface area contributed by atoms with Gasteiger partial charge in [0.15, 0.2) is 0 Å². The molecular formula is C17H34N2O2. The van der Waals surface area contributed by atoms with Crippen molar-refractivity contribution in [3.05, 3.63) is 0 Å². The van der Waals surface area contributed by atoms with E-state index in [1.165, 1.54) is 12.8 Å². The number of carbonyl (C=O) groups is 1. The fourth-order valence-electron chi connectivity index (χ4n) is 2.66. The van der Waals surface area contributed by atoms with Crippen molar-refractivity contribution in [2.45, 2.75) is 84.9 Å². The molecule has 1 amide bonds. The first-order valence-corrected chi connectivity index (χ1v) is 8.47. The molecule has 1 aliphatic heterocycles. The average molecular weight is 298 g/mol. The Morgan fingerprint density at radius 3 is 2.57 bits per heavy atom. The molecule has 0 aromatic carbocycles. The minimum Gasteiger partial charge on any atom is -0.444 e. The molecule has 1 aliphatic rings. The van der Waals surface area contributed by atoms with Crippen molar-refractivity contribution < 1.29 is 9.53 Å². The number of nitrogens with zero attached hydrogens (tertiary/aromatic N) is 1. The standard InChI is InChI=1S/C17H34N2O2/c1-7-13(2)14(3)18-15-10-8-9-11-19(12-15)16(20)21-17(4,5)6/h13-15,18H,7-12H2,1-6H3. The molecule has 3 unspecified atom stereocenters. The largest absolute Gasteiger partial charge is 0.444 e. The maximum absolute atomic E-state index is 12.3. The van der Waals surface area contributed by atoms with Gasteiger partial charge in [0.05, 0.1) is 0 Å². The number of hydrogen-bond acceptors (Lipinski definition) is 3. The van der Waals surface area contributed by atoms with Gasteiger partial charge in [-0.05, 0) is 46.5 Å². The Bertz CT molecular complexity index is 325. The fourth-order valence-corrected chi connectivity index (χ4v) is 2.66. The van der Waals surface area contributed by atoms with E-state index in [1.54, 1.807) is 0 Å². The van der Waals surface area contributed by atoms with Crippen LogP contribution in [0.25, 0.3) is 0 Å². The Hall–Kier alpha value is -0.770. The van der Waals surface area contributed by atoms with Gasteiger partial charge in [-0.3, -0.25) is 0 Å². The van der Waals surface area contributed by atoms with E-state index in [-0.39, 0.29) is 6.09 Å². The summed E-state index contributed by atoms with van der Waals surface area (Å²) < 4.78 is 5.51. The highest BCUT2D eigenvalue weighted by Gasteiger charge is 2.27. The van der Waals surface area contributed by atoms with Crippen LogP contribution >= 0.6 is 0 Å². The van der Waals surface area contributed by atoms with Crippen LogP contribution in [-0.2, 0) is 4.74 Å². The number of amides is 1. The van der Waals surface area contributed by atoms with E-state index >= 15 is 0 Å². The molecule has 1 saturated heterocycles. The van der Waals surface area contributed by atoms with E-state index in [2.05, 4.69) is 26.1 Å². The Morgan fingerprint density at radius 2 is 2.00 bits per heavy atom. The van der Waals surface area contributed by atoms with E-state index in [1.807, 2.05) is 25.7 Å². The summed E-state index contributed by atoms with van der Waals surface area (Å²) in [6, 6.07) is 0.864. The summed E-state index contributed by atoms with van der Waals surface area (Å²) in [5.74, 6) is 0.656. The second-order valence-corrected chi connectivity index (χ2v) is 7.46. The number of likely N-dealkylation sites (tertiary alicyclic amines) is 1. The molecule has 0 saturated carbocycles. The van der Waals surface area contributed by atoms with Crippen LogP contribution in [0.15, 0.2) is 0 Å². The van der Waals surface area contributed by atoms with Gasteiger partial charge < -0.3 is 15.0 Å². The second kappa shape index (κ2) is 8.02. The topological polar surface area (TPSA) is 41.6 Å². The third-order valence-corrected chi connectivity index (χ3v) is 4.32. The van der Waals surface area contributed by atoms with Gasteiger partial charge in [-0.2, -0.15) is 0 Å². The van der Waals surface area contributed by atoms with Crippen molar-refractivity contribution in [1.29, 1.82) is 0 Å². The van der Waals surface area contributed by atoms with Crippen molar-refractivity contribution in [3.63, 3.8) is 0 Å². The zero-order valence-electron chi connectivity index (χ0n) is 14.7. The monoisotopic (exact) mass is 298 g/mol. The van der Waals surface area contributed by atoms with E-state index in [0.29, 0.717) is 18.0 Å². The second-order valence-electron chi connectivity index (χ2n) is 7.46. The quantitative estimate of drug-likeness (QED) is 0.858. The van der Waals surface area contributed by atoms with Gasteiger partial charge in [-0.15, -0.1) is 0 Å².